The monoisotopic (exact) mass is 311 g/mol. The van der Waals surface area contributed by atoms with Gasteiger partial charge >= 0.3 is 5.97 Å². The first-order chi connectivity index (χ1) is 9.78. The number of carboxylic acids is 1. The molecule has 114 valence electrons. The molecule has 1 fully saturated rings. The summed E-state index contributed by atoms with van der Waals surface area (Å²) in [6.45, 7) is 2.19. The summed E-state index contributed by atoms with van der Waals surface area (Å²) in [5.41, 5.74) is 0.536. The summed E-state index contributed by atoms with van der Waals surface area (Å²) < 4.78 is 25.0. The molecule has 2 rings (SSSR count). The Bertz CT molecular complexity index is 695. The minimum Gasteiger partial charge on any atom is -0.478 e. The molecular formula is C14H17NO5S. The average molecular weight is 311 g/mol. The van der Waals surface area contributed by atoms with Crippen LogP contribution in [0.25, 0.3) is 0 Å². The van der Waals surface area contributed by atoms with Gasteiger partial charge in [-0.15, -0.1) is 0 Å². The van der Waals surface area contributed by atoms with Crippen LogP contribution < -0.4 is 0 Å². The third-order valence-corrected chi connectivity index (χ3v) is 5.87. The van der Waals surface area contributed by atoms with Crippen molar-refractivity contribution in [2.45, 2.75) is 29.9 Å². The molecule has 0 aromatic heterocycles. The number of sulfone groups is 1. The van der Waals surface area contributed by atoms with Gasteiger partial charge in [-0.2, -0.15) is 0 Å². The van der Waals surface area contributed by atoms with Crippen molar-refractivity contribution < 1.29 is 23.1 Å². The molecular weight excluding hydrogens is 294 g/mol. The van der Waals surface area contributed by atoms with Crippen LogP contribution in [0.5, 0.6) is 0 Å². The Kier molecular flexibility index (Phi) is 4.04. The van der Waals surface area contributed by atoms with Crippen molar-refractivity contribution >= 4 is 21.7 Å². The topological polar surface area (TPSA) is 91.8 Å². The van der Waals surface area contributed by atoms with E-state index in [1.807, 2.05) is 0 Å². The van der Waals surface area contributed by atoms with E-state index < -0.39 is 27.0 Å². The van der Waals surface area contributed by atoms with Crippen LogP contribution in [0.15, 0.2) is 23.1 Å². The van der Waals surface area contributed by atoms with E-state index in [0.717, 1.165) is 6.07 Å². The quantitative estimate of drug-likeness (QED) is 0.894. The maximum atomic E-state index is 12.5. The fourth-order valence-corrected chi connectivity index (χ4v) is 4.21. The fourth-order valence-electron chi connectivity index (χ4n) is 2.48. The van der Waals surface area contributed by atoms with Crippen LogP contribution in [-0.2, 0) is 21.1 Å². The lowest BCUT2D eigenvalue weighted by Gasteiger charge is -2.13. The number of aryl methyl sites for hydroxylation is 1. The van der Waals surface area contributed by atoms with Crippen molar-refractivity contribution in [3.05, 3.63) is 29.3 Å². The van der Waals surface area contributed by atoms with E-state index in [2.05, 4.69) is 0 Å². The van der Waals surface area contributed by atoms with Gasteiger partial charge in [0.15, 0.2) is 9.84 Å². The summed E-state index contributed by atoms with van der Waals surface area (Å²) in [4.78, 5) is 24.4. The first kappa shape index (κ1) is 15.5. The van der Waals surface area contributed by atoms with Crippen LogP contribution in [0.3, 0.4) is 0 Å². The Morgan fingerprint density at radius 1 is 1.43 bits per heavy atom. The molecule has 0 aliphatic carbocycles. The van der Waals surface area contributed by atoms with Crippen molar-refractivity contribution in [2.24, 2.45) is 0 Å². The third-order valence-electron chi connectivity index (χ3n) is 3.77. The number of hydrogen-bond donors (Lipinski definition) is 1. The summed E-state index contributed by atoms with van der Waals surface area (Å²) in [5.74, 6) is -1.61. The molecule has 0 radical (unpaired) electrons. The van der Waals surface area contributed by atoms with Gasteiger partial charge in [-0.1, -0.05) is 13.0 Å². The molecule has 21 heavy (non-hydrogen) atoms. The molecule has 1 heterocycles. The van der Waals surface area contributed by atoms with E-state index in [4.69, 9.17) is 0 Å². The first-order valence-corrected chi connectivity index (χ1v) is 8.18. The Morgan fingerprint density at radius 2 is 2.10 bits per heavy atom. The predicted octanol–water partition coefficient (Wildman–Crippen LogP) is 0.952. The summed E-state index contributed by atoms with van der Waals surface area (Å²) in [7, 11) is -2.30. The lowest BCUT2D eigenvalue weighted by molar-refractivity contribution is -0.126. The zero-order valence-corrected chi connectivity index (χ0v) is 12.7. The molecule has 1 aromatic carbocycles. The number of rotatable bonds is 4. The molecule has 6 nitrogen and oxygen atoms in total. The molecule has 1 atom stereocenters. The highest BCUT2D eigenvalue weighted by Gasteiger charge is 2.40. The van der Waals surface area contributed by atoms with Gasteiger partial charge in [-0.3, -0.25) is 4.79 Å². The molecule has 0 spiro atoms. The van der Waals surface area contributed by atoms with Gasteiger partial charge in [0.2, 0.25) is 5.91 Å². The van der Waals surface area contributed by atoms with E-state index in [9.17, 15) is 23.1 Å². The van der Waals surface area contributed by atoms with Gasteiger partial charge in [0.05, 0.1) is 10.5 Å². The zero-order valence-electron chi connectivity index (χ0n) is 11.9. The number of amides is 1. The van der Waals surface area contributed by atoms with E-state index in [0.29, 0.717) is 18.5 Å². The van der Waals surface area contributed by atoms with Gasteiger partial charge in [0.25, 0.3) is 0 Å². The normalized spacial score (nSPS) is 19.0. The van der Waals surface area contributed by atoms with E-state index in [1.54, 1.807) is 14.0 Å². The third kappa shape index (κ3) is 2.65. The molecule has 1 N–H and O–H groups in total. The number of hydrogen-bond acceptors (Lipinski definition) is 4. The summed E-state index contributed by atoms with van der Waals surface area (Å²) in [6, 6.07) is 4.04. The number of carbonyl (C=O) groups is 2. The maximum Gasteiger partial charge on any atom is 0.336 e. The lowest BCUT2D eigenvalue weighted by Crippen LogP contribution is -2.31. The Labute approximate surface area is 123 Å². The minimum absolute atomic E-state index is 0.0302. The largest absolute Gasteiger partial charge is 0.478 e. The van der Waals surface area contributed by atoms with Crippen LogP contribution in [0.4, 0.5) is 0 Å². The number of carboxylic acid groups (broad SMARTS) is 1. The van der Waals surface area contributed by atoms with E-state index >= 15 is 0 Å². The van der Waals surface area contributed by atoms with E-state index in [-0.39, 0.29) is 16.9 Å². The van der Waals surface area contributed by atoms with Crippen LogP contribution >= 0.6 is 0 Å². The van der Waals surface area contributed by atoms with Gasteiger partial charge in [0, 0.05) is 13.6 Å². The molecule has 1 unspecified atom stereocenters. The SMILES string of the molecule is CCc1ccc(S(=O)(=O)C2CCN(C)C2=O)cc1C(=O)O. The van der Waals surface area contributed by atoms with Crippen LogP contribution in [-0.4, -0.2) is 49.1 Å². The summed E-state index contributed by atoms with van der Waals surface area (Å²) in [6.07, 6.45) is 0.725. The van der Waals surface area contributed by atoms with Gasteiger partial charge < -0.3 is 10.0 Å². The molecule has 0 saturated carbocycles. The predicted molar refractivity (Wildman–Crippen MR) is 76.0 cm³/mol. The highest BCUT2D eigenvalue weighted by Crippen LogP contribution is 2.26. The molecule has 7 heteroatoms. The lowest BCUT2D eigenvalue weighted by atomic mass is 10.1. The Balaban J connectivity index is 2.49. The number of aromatic carboxylic acids is 1. The summed E-state index contributed by atoms with van der Waals surface area (Å²) in [5, 5.41) is 8.06. The fraction of sp³-hybridized carbons (Fsp3) is 0.429. The van der Waals surface area contributed by atoms with Crippen molar-refractivity contribution in [1.29, 1.82) is 0 Å². The van der Waals surface area contributed by atoms with Crippen LogP contribution in [0, 0.1) is 0 Å². The van der Waals surface area contributed by atoms with E-state index in [1.165, 1.54) is 17.0 Å². The molecule has 1 aromatic rings. The standard InChI is InChI=1S/C14H17NO5S/c1-3-9-4-5-10(8-11(9)14(17)18)21(19,20)12-6-7-15(2)13(12)16/h4-5,8,12H,3,6-7H2,1-2H3,(H,17,18). The first-order valence-electron chi connectivity index (χ1n) is 6.64. The molecule has 1 aliphatic rings. The molecule has 1 saturated heterocycles. The van der Waals surface area contributed by atoms with Gasteiger partial charge in [-0.25, -0.2) is 13.2 Å². The van der Waals surface area contributed by atoms with Gasteiger partial charge in [-0.05, 0) is 30.5 Å². The highest BCUT2D eigenvalue weighted by molar-refractivity contribution is 7.92. The maximum absolute atomic E-state index is 12.5. The van der Waals surface area contributed by atoms with Gasteiger partial charge in [0.1, 0.15) is 5.25 Å². The van der Waals surface area contributed by atoms with Crippen LogP contribution in [0.2, 0.25) is 0 Å². The number of carbonyl (C=O) groups excluding carboxylic acids is 1. The molecule has 1 amide bonds. The summed E-state index contributed by atoms with van der Waals surface area (Å²) >= 11 is 0. The number of benzene rings is 1. The van der Waals surface area contributed by atoms with Crippen molar-refractivity contribution in [3.63, 3.8) is 0 Å². The molecule has 0 bridgehead atoms. The van der Waals surface area contributed by atoms with Crippen molar-refractivity contribution in [3.8, 4) is 0 Å². The van der Waals surface area contributed by atoms with Crippen LogP contribution in [0.1, 0.15) is 29.3 Å². The highest BCUT2D eigenvalue weighted by atomic mass is 32.2. The minimum atomic E-state index is -3.86. The average Bonchev–Trinajstić information content (AvgIpc) is 2.78. The van der Waals surface area contributed by atoms with Crippen molar-refractivity contribution in [1.82, 2.24) is 4.90 Å². The number of likely N-dealkylation sites (tertiary alicyclic amines) is 1. The smallest absolute Gasteiger partial charge is 0.336 e. The Morgan fingerprint density at radius 3 is 2.57 bits per heavy atom. The number of nitrogens with zero attached hydrogens (tertiary/aromatic N) is 1. The second kappa shape index (κ2) is 5.48. The molecule has 1 aliphatic heterocycles. The zero-order chi connectivity index (χ0) is 15.8. The Hall–Kier alpha value is -1.89. The second-order valence-corrected chi connectivity index (χ2v) is 7.19. The second-order valence-electron chi connectivity index (χ2n) is 5.06. The van der Waals surface area contributed by atoms with Crippen molar-refractivity contribution in [2.75, 3.05) is 13.6 Å².